The van der Waals surface area contributed by atoms with Gasteiger partial charge in [0.15, 0.2) is 17.4 Å². The number of phenols is 1. The zero-order valence-corrected chi connectivity index (χ0v) is 22.2. The van der Waals surface area contributed by atoms with Gasteiger partial charge in [-0.1, -0.05) is 27.7 Å². The van der Waals surface area contributed by atoms with Gasteiger partial charge in [-0.2, -0.15) is 0 Å². The standard InChI is InChI=1S/C22H30BrN5O4S/c1-11-10-12(2)32-17(11)18(22(3,4)5)25-20-19(26-33(31)27-20)24-14-9-8-13(23)15(16(14)29)21(30)28(6)7/h8-11,17-18,29H,1-7H3,(H,24,26)(H,25,27)/t11?,17?,18-,33?/m0/s1. The summed E-state index contributed by atoms with van der Waals surface area (Å²) < 4.78 is 26.9. The molecule has 0 aromatic heterocycles. The molecule has 0 saturated carbocycles. The van der Waals surface area contributed by atoms with Crippen molar-refractivity contribution in [2.75, 3.05) is 19.4 Å². The number of carbonyl (C=O) groups is 1. The van der Waals surface area contributed by atoms with Crippen molar-refractivity contribution in [3.8, 4) is 5.75 Å². The topological polar surface area (TPSA) is 116 Å². The third-order valence-electron chi connectivity index (χ3n) is 5.45. The van der Waals surface area contributed by atoms with Crippen molar-refractivity contribution in [3.05, 3.63) is 34.0 Å². The van der Waals surface area contributed by atoms with Gasteiger partial charge >= 0.3 is 0 Å². The summed E-state index contributed by atoms with van der Waals surface area (Å²) in [6, 6.07) is 3.08. The Morgan fingerprint density at radius 3 is 2.45 bits per heavy atom. The van der Waals surface area contributed by atoms with Gasteiger partial charge in [-0.25, -0.2) is 4.21 Å². The number of nitrogens with zero attached hydrogens (tertiary/aromatic N) is 3. The Bertz CT molecular complexity index is 1080. The lowest BCUT2D eigenvalue weighted by Gasteiger charge is -2.38. The van der Waals surface area contributed by atoms with Gasteiger partial charge in [0.05, 0.1) is 23.1 Å². The van der Waals surface area contributed by atoms with E-state index in [2.05, 4.69) is 69.1 Å². The van der Waals surface area contributed by atoms with Gasteiger partial charge in [0.1, 0.15) is 6.10 Å². The molecule has 2 aliphatic rings. The van der Waals surface area contributed by atoms with Crippen LogP contribution in [-0.4, -0.2) is 58.0 Å². The third kappa shape index (κ3) is 5.40. The molecule has 0 radical (unpaired) electrons. The highest BCUT2D eigenvalue weighted by Gasteiger charge is 2.41. The SMILES string of the molecule is CC1=CC(C)C([C@H](NC2=NS(=O)N=C2Nc2ccc(Br)c(C(=O)N(C)C)c2O)C(C)(C)C)O1. The van der Waals surface area contributed by atoms with Gasteiger partial charge in [0.2, 0.25) is 0 Å². The predicted octanol–water partition coefficient (Wildman–Crippen LogP) is 3.60. The highest BCUT2D eigenvalue weighted by atomic mass is 79.9. The molecule has 33 heavy (non-hydrogen) atoms. The summed E-state index contributed by atoms with van der Waals surface area (Å²) in [4.78, 5) is 13.9. The lowest BCUT2D eigenvalue weighted by molar-refractivity contribution is 0.0464. The number of nitrogens with one attached hydrogen (secondary N) is 2. The fourth-order valence-corrected chi connectivity index (χ4v) is 4.91. The van der Waals surface area contributed by atoms with Crippen molar-refractivity contribution in [2.24, 2.45) is 20.1 Å². The van der Waals surface area contributed by atoms with Crippen LogP contribution in [0.3, 0.4) is 0 Å². The number of ether oxygens (including phenoxy) is 1. The number of benzene rings is 1. The zero-order valence-electron chi connectivity index (χ0n) is 19.8. The van der Waals surface area contributed by atoms with E-state index in [9.17, 15) is 14.1 Å². The Labute approximate surface area is 205 Å². The minimum atomic E-state index is -1.82. The minimum absolute atomic E-state index is 0.110. The number of amidine groups is 2. The molecule has 0 spiro atoms. The van der Waals surface area contributed by atoms with Crippen LogP contribution < -0.4 is 10.6 Å². The van der Waals surface area contributed by atoms with Gasteiger partial charge in [0.25, 0.3) is 17.1 Å². The van der Waals surface area contributed by atoms with Crippen LogP contribution in [0.25, 0.3) is 0 Å². The maximum Gasteiger partial charge on any atom is 0.269 e. The van der Waals surface area contributed by atoms with E-state index >= 15 is 0 Å². The Kier molecular flexibility index (Phi) is 7.23. The molecular formula is C22H30BrN5O4S. The molecule has 0 bridgehead atoms. The predicted molar refractivity (Wildman–Crippen MR) is 135 cm³/mol. The van der Waals surface area contributed by atoms with E-state index in [1.165, 1.54) is 4.90 Å². The van der Waals surface area contributed by atoms with Crippen molar-refractivity contribution in [1.29, 1.82) is 0 Å². The van der Waals surface area contributed by atoms with Crippen molar-refractivity contribution in [1.82, 2.24) is 10.2 Å². The fourth-order valence-electron chi connectivity index (χ4n) is 3.80. The molecule has 180 valence electrons. The van der Waals surface area contributed by atoms with Crippen LogP contribution in [0.15, 0.2) is 37.2 Å². The first-order valence-electron chi connectivity index (χ1n) is 10.5. The summed E-state index contributed by atoms with van der Waals surface area (Å²) in [5.74, 6) is 0.941. The van der Waals surface area contributed by atoms with Crippen LogP contribution in [0, 0.1) is 11.3 Å². The number of halogens is 1. The molecule has 11 heteroatoms. The van der Waals surface area contributed by atoms with Crippen molar-refractivity contribution >= 4 is 50.4 Å². The zero-order chi connectivity index (χ0) is 24.7. The second kappa shape index (κ2) is 9.46. The molecule has 1 aromatic carbocycles. The van der Waals surface area contributed by atoms with Crippen LogP contribution >= 0.6 is 15.9 Å². The molecule has 1 amide bonds. The van der Waals surface area contributed by atoms with E-state index < -0.39 is 11.2 Å². The van der Waals surface area contributed by atoms with Gasteiger partial charge in [0, 0.05) is 24.5 Å². The van der Waals surface area contributed by atoms with E-state index in [-0.39, 0.29) is 52.2 Å². The second-order valence-corrected chi connectivity index (χ2v) is 11.1. The number of hydrogen-bond acceptors (Lipinski definition) is 6. The van der Waals surface area contributed by atoms with Crippen LogP contribution in [-0.2, 0) is 15.9 Å². The molecule has 4 atom stereocenters. The van der Waals surface area contributed by atoms with Crippen LogP contribution in [0.1, 0.15) is 45.0 Å². The fraction of sp³-hybridized carbons (Fsp3) is 0.500. The van der Waals surface area contributed by atoms with E-state index in [1.54, 1.807) is 26.2 Å². The molecule has 9 nitrogen and oxygen atoms in total. The molecule has 3 rings (SSSR count). The normalized spacial score (nSPS) is 23.3. The smallest absolute Gasteiger partial charge is 0.269 e. The summed E-state index contributed by atoms with van der Waals surface area (Å²) in [7, 11) is 3.20. The lowest BCUT2D eigenvalue weighted by atomic mass is 9.80. The summed E-state index contributed by atoms with van der Waals surface area (Å²) in [6.07, 6.45) is 1.93. The maximum absolute atomic E-state index is 12.5. The molecular weight excluding hydrogens is 510 g/mol. The molecule has 3 unspecified atom stereocenters. The van der Waals surface area contributed by atoms with Crippen LogP contribution in [0.5, 0.6) is 5.75 Å². The Balaban J connectivity index is 1.89. The average Bonchev–Trinajstić information content (AvgIpc) is 3.21. The van der Waals surface area contributed by atoms with Gasteiger partial charge in [-0.3, -0.25) is 4.79 Å². The number of aromatic hydroxyl groups is 1. The Morgan fingerprint density at radius 1 is 1.27 bits per heavy atom. The molecule has 0 aliphatic carbocycles. The van der Waals surface area contributed by atoms with Crippen molar-refractivity contribution < 1.29 is 18.8 Å². The number of amides is 1. The maximum atomic E-state index is 12.5. The lowest BCUT2D eigenvalue weighted by Crippen LogP contribution is -2.54. The van der Waals surface area contributed by atoms with E-state index in [1.807, 2.05) is 6.92 Å². The second-order valence-electron chi connectivity index (χ2n) is 9.46. The van der Waals surface area contributed by atoms with Gasteiger partial charge in [-0.05, 0) is 46.5 Å². The summed E-state index contributed by atoms with van der Waals surface area (Å²) in [6.45, 7) is 10.3. The first-order chi connectivity index (χ1) is 15.3. The average molecular weight is 540 g/mol. The van der Waals surface area contributed by atoms with E-state index in [0.29, 0.717) is 10.3 Å². The first kappa shape index (κ1) is 25.2. The molecule has 1 aromatic rings. The first-order valence-corrected chi connectivity index (χ1v) is 12.4. The van der Waals surface area contributed by atoms with Crippen LogP contribution in [0.2, 0.25) is 0 Å². The number of hydrogen-bond donors (Lipinski definition) is 3. The molecule has 0 saturated heterocycles. The summed E-state index contributed by atoms with van der Waals surface area (Å²) in [5, 5.41) is 17.2. The number of phenolic OH excluding ortho intramolecular Hbond substituents is 1. The van der Waals surface area contributed by atoms with E-state index in [4.69, 9.17) is 4.74 Å². The molecule has 0 fully saturated rings. The third-order valence-corrected chi connectivity index (χ3v) is 6.79. The highest BCUT2D eigenvalue weighted by Crippen LogP contribution is 2.36. The quantitative estimate of drug-likeness (QED) is 0.503. The Hall–Kier alpha value is -2.40. The largest absolute Gasteiger partial charge is 0.505 e. The van der Waals surface area contributed by atoms with Gasteiger partial charge in [-0.15, -0.1) is 8.80 Å². The van der Waals surface area contributed by atoms with E-state index in [0.717, 1.165) is 5.76 Å². The van der Waals surface area contributed by atoms with Gasteiger partial charge < -0.3 is 25.4 Å². The van der Waals surface area contributed by atoms with Crippen molar-refractivity contribution in [2.45, 2.75) is 46.8 Å². The molecule has 2 heterocycles. The summed E-state index contributed by atoms with van der Waals surface area (Å²) in [5.41, 5.74) is 0.129. The Morgan fingerprint density at radius 2 is 1.91 bits per heavy atom. The number of carbonyl (C=O) groups excluding carboxylic acids is 1. The summed E-state index contributed by atoms with van der Waals surface area (Å²) >= 11 is 1.50. The minimum Gasteiger partial charge on any atom is -0.505 e. The number of rotatable bonds is 4. The van der Waals surface area contributed by atoms with Crippen LogP contribution in [0.4, 0.5) is 5.69 Å². The molecule has 3 N–H and O–H groups in total. The monoisotopic (exact) mass is 539 g/mol. The highest BCUT2D eigenvalue weighted by molar-refractivity contribution is 9.10. The number of anilines is 1. The van der Waals surface area contributed by atoms with Crippen molar-refractivity contribution in [3.63, 3.8) is 0 Å². The number of allylic oxidation sites excluding steroid dienone is 1. The molecule has 2 aliphatic heterocycles.